The second kappa shape index (κ2) is 9.61. The molecule has 3 aromatic carbocycles. The van der Waals surface area contributed by atoms with E-state index in [4.69, 9.17) is 0 Å². The summed E-state index contributed by atoms with van der Waals surface area (Å²) in [6, 6.07) is 24.6. The normalized spacial score (nSPS) is 28.6. The predicted octanol–water partition coefficient (Wildman–Crippen LogP) is 7.72. The van der Waals surface area contributed by atoms with Gasteiger partial charge in [0.05, 0.1) is 16.2 Å². The molecular formula is C33H38O2S2. The Balaban J connectivity index is 1.59. The standard InChI is InChI=1S/C33H38O2S2/c1-5-21(3)36(34)23-15-17-27-25-11-7-9-13-29(25)33(31(27)19-23)30-14-10-8-12-26(30)28-18-16-24(20-32(28)33)37(35)22(4)6-2/h7-15,17,19,21-22,24,28,32H,5-6,16,18,20H2,1-4H3/t21?,22?,24-,28?,32?,33?,36?,37?/m1/s1. The van der Waals surface area contributed by atoms with E-state index >= 15 is 0 Å². The van der Waals surface area contributed by atoms with E-state index in [2.05, 4.69) is 94.4 Å². The number of benzene rings is 3. The molecule has 8 atom stereocenters. The molecule has 194 valence electrons. The molecule has 6 rings (SSSR count). The van der Waals surface area contributed by atoms with Crippen LogP contribution in [-0.2, 0) is 27.0 Å². The van der Waals surface area contributed by atoms with Crippen LogP contribution in [0.5, 0.6) is 0 Å². The van der Waals surface area contributed by atoms with E-state index in [1.54, 1.807) is 0 Å². The lowest BCUT2D eigenvalue weighted by Crippen LogP contribution is -2.40. The summed E-state index contributed by atoms with van der Waals surface area (Å²) in [5.74, 6) is 0.815. The molecule has 3 aliphatic rings. The van der Waals surface area contributed by atoms with Gasteiger partial charge in [-0.25, -0.2) is 0 Å². The molecule has 0 heterocycles. The zero-order chi connectivity index (χ0) is 25.9. The van der Waals surface area contributed by atoms with Gasteiger partial charge in [-0.1, -0.05) is 82.3 Å². The number of fused-ring (bicyclic) bond motifs is 10. The molecule has 0 radical (unpaired) electrons. The van der Waals surface area contributed by atoms with E-state index in [1.807, 2.05) is 0 Å². The lowest BCUT2D eigenvalue weighted by molar-refractivity contribution is 0.268. The first-order valence-corrected chi connectivity index (χ1v) is 16.6. The molecule has 4 heteroatoms. The van der Waals surface area contributed by atoms with E-state index in [-0.39, 0.29) is 21.2 Å². The van der Waals surface area contributed by atoms with Crippen molar-refractivity contribution in [2.75, 3.05) is 0 Å². The van der Waals surface area contributed by atoms with Crippen LogP contribution in [0.15, 0.2) is 71.6 Å². The quantitative estimate of drug-likeness (QED) is 0.327. The molecule has 7 unspecified atom stereocenters. The summed E-state index contributed by atoms with van der Waals surface area (Å²) in [6.07, 6.45) is 4.95. The van der Waals surface area contributed by atoms with Crippen LogP contribution in [0.25, 0.3) is 11.1 Å². The molecule has 0 amide bonds. The van der Waals surface area contributed by atoms with Crippen molar-refractivity contribution >= 4 is 21.6 Å². The third-order valence-corrected chi connectivity index (χ3v) is 13.7. The zero-order valence-corrected chi connectivity index (χ0v) is 24.0. The van der Waals surface area contributed by atoms with Crippen LogP contribution in [0, 0.1) is 5.92 Å². The van der Waals surface area contributed by atoms with E-state index in [0.29, 0.717) is 11.8 Å². The number of rotatable bonds is 6. The molecule has 0 aliphatic heterocycles. The summed E-state index contributed by atoms with van der Waals surface area (Å²) in [5.41, 5.74) is 7.89. The molecule has 1 spiro atoms. The van der Waals surface area contributed by atoms with Crippen LogP contribution in [-0.4, -0.2) is 24.2 Å². The fraction of sp³-hybridized carbons (Fsp3) is 0.455. The highest BCUT2D eigenvalue weighted by molar-refractivity contribution is 7.86. The smallest absolute Gasteiger partial charge is 0.0558 e. The van der Waals surface area contributed by atoms with Crippen molar-refractivity contribution in [3.63, 3.8) is 0 Å². The fourth-order valence-corrected chi connectivity index (χ4v) is 10.5. The summed E-state index contributed by atoms with van der Waals surface area (Å²) in [5, 5.41) is 0.586. The van der Waals surface area contributed by atoms with Gasteiger partial charge in [-0.2, -0.15) is 0 Å². The third kappa shape index (κ3) is 3.61. The second-order valence-electron chi connectivity index (χ2n) is 11.4. The van der Waals surface area contributed by atoms with Gasteiger partial charge in [-0.3, -0.25) is 8.42 Å². The largest absolute Gasteiger partial charge is 0.259 e. The monoisotopic (exact) mass is 530 g/mol. The Bertz CT molecular complexity index is 1390. The highest BCUT2D eigenvalue weighted by atomic mass is 32.2. The molecule has 37 heavy (non-hydrogen) atoms. The van der Waals surface area contributed by atoms with Crippen LogP contribution in [0.2, 0.25) is 0 Å². The average molecular weight is 531 g/mol. The van der Waals surface area contributed by atoms with E-state index in [0.717, 1.165) is 37.0 Å². The van der Waals surface area contributed by atoms with Gasteiger partial charge in [-0.15, -0.1) is 0 Å². The van der Waals surface area contributed by atoms with Gasteiger partial charge in [-0.05, 0) is 89.5 Å². The molecule has 1 fully saturated rings. The Kier molecular flexibility index (Phi) is 6.56. The van der Waals surface area contributed by atoms with Gasteiger partial charge in [0.1, 0.15) is 0 Å². The van der Waals surface area contributed by atoms with E-state index < -0.39 is 21.6 Å². The molecular weight excluding hydrogens is 492 g/mol. The average Bonchev–Trinajstić information content (AvgIpc) is 3.42. The summed E-state index contributed by atoms with van der Waals surface area (Å²) in [4.78, 5) is 0.941. The Morgan fingerprint density at radius 1 is 0.811 bits per heavy atom. The highest BCUT2D eigenvalue weighted by Gasteiger charge is 2.59. The maximum absolute atomic E-state index is 13.6. The highest BCUT2D eigenvalue weighted by Crippen LogP contribution is 2.67. The Morgan fingerprint density at radius 2 is 1.49 bits per heavy atom. The lowest BCUT2D eigenvalue weighted by atomic mass is 9.62. The maximum atomic E-state index is 13.6. The van der Waals surface area contributed by atoms with Gasteiger partial charge in [0.2, 0.25) is 0 Å². The van der Waals surface area contributed by atoms with Crippen molar-refractivity contribution in [3.05, 3.63) is 89.0 Å². The van der Waals surface area contributed by atoms with Crippen LogP contribution in [0.4, 0.5) is 0 Å². The Hall–Kier alpha value is -2.04. The van der Waals surface area contributed by atoms with Gasteiger partial charge in [0.25, 0.3) is 0 Å². The minimum atomic E-state index is -1.04. The minimum absolute atomic E-state index is 0.124. The molecule has 3 aliphatic carbocycles. The van der Waals surface area contributed by atoms with Crippen LogP contribution < -0.4 is 0 Å². The van der Waals surface area contributed by atoms with Crippen molar-refractivity contribution in [3.8, 4) is 11.1 Å². The Labute approximate surface area is 227 Å². The van der Waals surface area contributed by atoms with E-state index in [9.17, 15) is 8.42 Å². The number of hydrogen-bond donors (Lipinski definition) is 0. The molecule has 0 N–H and O–H groups in total. The molecule has 1 saturated carbocycles. The van der Waals surface area contributed by atoms with Crippen LogP contribution >= 0.6 is 0 Å². The summed E-state index contributed by atoms with van der Waals surface area (Å²) < 4.78 is 27.1. The predicted molar refractivity (Wildman–Crippen MR) is 156 cm³/mol. The molecule has 0 aromatic heterocycles. The molecule has 3 aromatic rings. The second-order valence-corrected chi connectivity index (χ2v) is 15.4. The third-order valence-electron chi connectivity index (χ3n) is 9.67. The first-order valence-electron chi connectivity index (χ1n) is 14.1. The van der Waals surface area contributed by atoms with Gasteiger partial charge >= 0.3 is 0 Å². The van der Waals surface area contributed by atoms with Crippen molar-refractivity contribution in [1.82, 2.24) is 0 Å². The molecule has 2 nitrogen and oxygen atoms in total. The summed E-state index contributed by atoms with van der Waals surface area (Å²) >= 11 is 0. The SMILES string of the molecule is CCC(C)S(=O)c1ccc2c(c1)C1(c3ccccc3-2)c2ccccc2C2CC[C@@H](S(=O)C(C)CC)CC21. The van der Waals surface area contributed by atoms with Crippen molar-refractivity contribution < 1.29 is 8.42 Å². The first kappa shape index (κ1) is 25.2. The van der Waals surface area contributed by atoms with Crippen LogP contribution in [0.3, 0.4) is 0 Å². The van der Waals surface area contributed by atoms with Gasteiger partial charge in [0.15, 0.2) is 0 Å². The zero-order valence-electron chi connectivity index (χ0n) is 22.4. The van der Waals surface area contributed by atoms with Crippen molar-refractivity contribution in [2.24, 2.45) is 5.92 Å². The van der Waals surface area contributed by atoms with Gasteiger partial charge < -0.3 is 0 Å². The van der Waals surface area contributed by atoms with E-state index in [1.165, 1.54) is 33.4 Å². The molecule has 0 saturated heterocycles. The van der Waals surface area contributed by atoms with Gasteiger partial charge in [0, 0.05) is 31.4 Å². The Morgan fingerprint density at radius 3 is 2.24 bits per heavy atom. The lowest BCUT2D eigenvalue weighted by Gasteiger charge is -2.42. The summed E-state index contributed by atoms with van der Waals surface area (Å²) in [7, 11) is -1.87. The minimum Gasteiger partial charge on any atom is -0.259 e. The van der Waals surface area contributed by atoms with Crippen molar-refractivity contribution in [2.45, 2.75) is 91.8 Å². The number of hydrogen-bond acceptors (Lipinski definition) is 2. The first-order chi connectivity index (χ1) is 17.9. The molecule has 0 bridgehead atoms. The van der Waals surface area contributed by atoms with Crippen molar-refractivity contribution in [1.29, 1.82) is 0 Å². The topological polar surface area (TPSA) is 34.1 Å². The maximum Gasteiger partial charge on any atom is 0.0558 e. The summed E-state index contributed by atoms with van der Waals surface area (Å²) in [6.45, 7) is 8.51. The fourth-order valence-electron chi connectivity index (χ4n) is 7.56. The van der Waals surface area contributed by atoms with Crippen LogP contribution in [0.1, 0.15) is 88.0 Å².